The second kappa shape index (κ2) is 7.85. The summed E-state index contributed by atoms with van der Waals surface area (Å²) in [6, 6.07) is 9.63. The van der Waals surface area contributed by atoms with E-state index in [1.54, 1.807) is 17.2 Å². The van der Waals surface area contributed by atoms with E-state index in [0.29, 0.717) is 18.5 Å². The first-order chi connectivity index (χ1) is 12.8. The fourth-order valence-electron chi connectivity index (χ4n) is 3.36. The van der Waals surface area contributed by atoms with E-state index in [2.05, 4.69) is 43.3 Å². The number of amides is 2. The van der Waals surface area contributed by atoms with Crippen LogP contribution in [0.5, 0.6) is 0 Å². The predicted octanol–water partition coefficient (Wildman–Crippen LogP) is 2.02. The van der Waals surface area contributed by atoms with Gasteiger partial charge in [-0.25, -0.2) is 0 Å². The van der Waals surface area contributed by atoms with Crippen LogP contribution >= 0.6 is 0 Å². The molecule has 0 radical (unpaired) electrons. The summed E-state index contributed by atoms with van der Waals surface area (Å²) in [6.07, 6.45) is 3.15. The predicted molar refractivity (Wildman–Crippen MR) is 107 cm³/mol. The first kappa shape index (κ1) is 19.6. The monoisotopic (exact) mass is 472 g/mol. The van der Waals surface area contributed by atoms with E-state index in [4.69, 9.17) is 5.26 Å². The number of likely N-dealkylation sites (tertiary alicyclic amines) is 1. The van der Waals surface area contributed by atoms with Gasteiger partial charge in [-0.05, 0) is 0 Å². The van der Waals surface area contributed by atoms with Gasteiger partial charge in [-0.3, -0.25) is 0 Å². The molecule has 1 aliphatic heterocycles. The third-order valence-corrected chi connectivity index (χ3v) is 10.8. The first-order valence-electron chi connectivity index (χ1n) is 9.18. The molecule has 7 heteroatoms. The van der Waals surface area contributed by atoms with Gasteiger partial charge >= 0.3 is 164 Å². The molecule has 2 heterocycles. The van der Waals surface area contributed by atoms with Crippen LogP contribution in [0.3, 0.4) is 0 Å². The number of carbonyl (C=O) groups excluding carboxylic acids is 2. The summed E-state index contributed by atoms with van der Waals surface area (Å²) in [5, 5.41) is 12.7. The van der Waals surface area contributed by atoms with E-state index < -0.39 is 18.4 Å². The Morgan fingerprint density at radius 1 is 1.33 bits per heavy atom. The van der Waals surface area contributed by atoms with Crippen molar-refractivity contribution in [2.45, 2.75) is 33.7 Å². The van der Waals surface area contributed by atoms with E-state index in [9.17, 15) is 9.59 Å². The number of carbonyl (C=O) groups is 2. The molecule has 0 aliphatic carbocycles. The molecule has 1 aromatic heterocycles. The molecule has 1 saturated heterocycles. The standard InChI is InChI=1S/C17H15N4O2.3CH3.Sn/c18-10-12-4-3-9-21(12)16(22)11-20-17(23)14-7-8-19-15-6-2-1-5-13(14)15;;;;/h2,5-8,12H,3-4,9,11H2,(H,20,23);3*1H3;/t12-;;;;/m0..../s1. The Bertz CT molecular complexity index is 930. The van der Waals surface area contributed by atoms with Crippen LogP contribution in [0.25, 0.3) is 10.9 Å². The summed E-state index contributed by atoms with van der Waals surface area (Å²) in [5.74, 6) is -0.498. The third kappa shape index (κ3) is 4.24. The number of benzene rings is 1. The molecule has 1 N–H and O–H groups in total. The number of nitriles is 1. The number of pyridine rings is 1. The Morgan fingerprint density at radius 3 is 2.81 bits per heavy atom. The molecular weight excluding hydrogens is 447 g/mol. The first-order valence-corrected chi connectivity index (χ1v) is 19.2. The molecule has 0 spiro atoms. The van der Waals surface area contributed by atoms with Gasteiger partial charge < -0.3 is 0 Å². The van der Waals surface area contributed by atoms with Crippen LogP contribution in [0.2, 0.25) is 14.8 Å². The Balaban J connectivity index is 1.79. The zero-order chi connectivity index (χ0) is 19.6. The molecule has 27 heavy (non-hydrogen) atoms. The van der Waals surface area contributed by atoms with Crippen molar-refractivity contribution in [3.05, 3.63) is 36.0 Å². The van der Waals surface area contributed by atoms with Crippen molar-refractivity contribution in [3.63, 3.8) is 0 Å². The van der Waals surface area contributed by atoms with E-state index in [1.807, 2.05) is 6.07 Å². The Morgan fingerprint density at radius 2 is 2.11 bits per heavy atom. The maximum atomic E-state index is 12.7. The SMILES string of the molecule is [CH3][Sn]([CH3])([CH3])[c]1ccc2nccc(C(=O)NCC(=O)N3CCC[C@H]3C#N)c2c1. The Kier molecular flexibility index (Phi) is 5.70. The van der Waals surface area contributed by atoms with Crippen LogP contribution in [0.4, 0.5) is 0 Å². The summed E-state index contributed by atoms with van der Waals surface area (Å²) < 4.78 is 1.32. The van der Waals surface area contributed by atoms with Crippen LogP contribution in [-0.2, 0) is 4.79 Å². The van der Waals surface area contributed by atoms with Gasteiger partial charge in [0.05, 0.1) is 0 Å². The topological polar surface area (TPSA) is 86.1 Å². The second-order valence-corrected chi connectivity index (χ2v) is 22.4. The van der Waals surface area contributed by atoms with Gasteiger partial charge in [-0.15, -0.1) is 0 Å². The maximum absolute atomic E-state index is 12.7. The average Bonchev–Trinajstić information content (AvgIpc) is 3.13. The molecule has 3 rings (SSSR count). The molecule has 6 nitrogen and oxygen atoms in total. The number of fused-ring (bicyclic) bond motifs is 1. The van der Waals surface area contributed by atoms with Crippen LogP contribution < -0.4 is 8.90 Å². The number of rotatable bonds is 4. The average molecular weight is 471 g/mol. The Labute approximate surface area is 163 Å². The third-order valence-electron chi connectivity index (χ3n) is 4.97. The van der Waals surface area contributed by atoms with Gasteiger partial charge in [0.25, 0.3) is 0 Å². The zero-order valence-electron chi connectivity index (χ0n) is 16.0. The molecule has 2 amide bonds. The minimum absolute atomic E-state index is 0.0982. The Hall–Kier alpha value is -2.14. The normalized spacial score (nSPS) is 17.0. The molecular formula is C20H24N4O2Sn. The van der Waals surface area contributed by atoms with Crippen molar-refractivity contribution in [2.75, 3.05) is 13.1 Å². The molecule has 0 unspecified atom stereocenters. The zero-order valence-corrected chi connectivity index (χ0v) is 18.8. The van der Waals surface area contributed by atoms with E-state index >= 15 is 0 Å². The summed E-state index contributed by atoms with van der Waals surface area (Å²) in [5.41, 5.74) is 1.31. The summed E-state index contributed by atoms with van der Waals surface area (Å²) in [4.78, 5) is 38.0. The quantitative estimate of drug-likeness (QED) is 0.692. The second-order valence-electron chi connectivity index (χ2n) is 7.90. The van der Waals surface area contributed by atoms with Gasteiger partial charge in [-0.2, -0.15) is 0 Å². The van der Waals surface area contributed by atoms with Gasteiger partial charge in [-0.1, -0.05) is 0 Å². The van der Waals surface area contributed by atoms with Crippen LogP contribution in [0.1, 0.15) is 23.2 Å². The summed E-state index contributed by atoms with van der Waals surface area (Å²) >= 11 is -2.28. The summed E-state index contributed by atoms with van der Waals surface area (Å²) in [7, 11) is 0. The number of hydrogen-bond donors (Lipinski definition) is 1. The van der Waals surface area contributed by atoms with E-state index in [-0.39, 0.29) is 24.4 Å². The minimum atomic E-state index is -2.28. The van der Waals surface area contributed by atoms with Crippen molar-refractivity contribution in [1.82, 2.24) is 15.2 Å². The molecule has 1 atom stereocenters. The van der Waals surface area contributed by atoms with Crippen LogP contribution in [0, 0.1) is 11.3 Å². The van der Waals surface area contributed by atoms with Gasteiger partial charge in [0.15, 0.2) is 0 Å². The number of aromatic nitrogens is 1. The van der Waals surface area contributed by atoms with Crippen molar-refractivity contribution in [3.8, 4) is 6.07 Å². The molecule has 1 aromatic carbocycles. The fraction of sp³-hybridized carbons (Fsp3) is 0.400. The van der Waals surface area contributed by atoms with Crippen LogP contribution in [-0.4, -0.2) is 59.2 Å². The van der Waals surface area contributed by atoms with E-state index in [0.717, 1.165) is 17.3 Å². The van der Waals surface area contributed by atoms with Crippen molar-refractivity contribution in [2.24, 2.45) is 0 Å². The molecule has 1 fully saturated rings. The number of hydrogen-bond acceptors (Lipinski definition) is 4. The fourth-order valence-corrected chi connectivity index (χ4v) is 6.68. The van der Waals surface area contributed by atoms with Gasteiger partial charge in [0.1, 0.15) is 0 Å². The number of nitrogens with one attached hydrogen (secondary N) is 1. The van der Waals surface area contributed by atoms with Gasteiger partial charge in [0.2, 0.25) is 0 Å². The number of nitrogens with zero attached hydrogens (tertiary/aromatic N) is 3. The summed E-state index contributed by atoms with van der Waals surface area (Å²) in [6.45, 7) is 0.478. The molecule has 0 saturated carbocycles. The molecule has 0 bridgehead atoms. The van der Waals surface area contributed by atoms with Crippen molar-refractivity contribution in [1.29, 1.82) is 5.26 Å². The van der Waals surface area contributed by atoms with Crippen molar-refractivity contribution < 1.29 is 9.59 Å². The van der Waals surface area contributed by atoms with Crippen LogP contribution in [0.15, 0.2) is 30.5 Å². The molecule has 140 valence electrons. The molecule has 2 aromatic rings. The van der Waals surface area contributed by atoms with E-state index in [1.165, 1.54) is 3.58 Å². The van der Waals surface area contributed by atoms with Gasteiger partial charge in [0, 0.05) is 0 Å². The van der Waals surface area contributed by atoms with Crippen molar-refractivity contribution >= 4 is 44.7 Å². The molecule has 1 aliphatic rings.